The Balaban J connectivity index is 2.46. The quantitative estimate of drug-likeness (QED) is 0.500. The number of allylic oxidation sites excluding steroid dienone is 2. The van der Waals surface area contributed by atoms with Crippen LogP contribution in [0.4, 0.5) is 4.79 Å². The average molecular weight is 224 g/mol. The number of aliphatic hydroxyl groups excluding tert-OH is 1. The van der Waals surface area contributed by atoms with E-state index in [0.29, 0.717) is 23.3 Å². The summed E-state index contributed by atoms with van der Waals surface area (Å²) in [5.74, 6) is -0.420. The van der Waals surface area contributed by atoms with E-state index in [9.17, 15) is 14.7 Å². The maximum atomic E-state index is 11.4. The molecule has 2 unspecified atom stereocenters. The molecular weight excluding hydrogens is 212 g/mol. The number of rotatable bonds is 1. The SMILES string of the molecule is CC1CC=C2C(=O)NC(O)C2=C1NC(=O)O. The van der Waals surface area contributed by atoms with Crippen molar-refractivity contribution in [1.82, 2.24) is 10.6 Å². The maximum absolute atomic E-state index is 11.4. The van der Waals surface area contributed by atoms with Crippen LogP contribution in [0.25, 0.3) is 0 Å². The van der Waals surface area contributed by atoms with Crippen molar-refractivity contribution in [2.24, 2.45) is 5.92 Å². The molecule has 1 heterocycles. The van der Waals surface area contributed by atoms with Gasteiger partial charge in [-0.3, -0.25) is 10.1 Å². The summed E-state index contributed by atoms with van der Waals surface area (Å²) in [5, 5.41) is 22.9. The minimum Gasteiger partial charge on any atom is -0.465 e. The Bertz CT molecular complexity index is 425. The number of fused-ring (bicyclic) bond motifs is 1. The normalized spacial score (nSPS) is 28.4. The molecule has 0 saturated carbocycles. The van der Waals surface area contributed by atoms with Crippen LogP contribution in [0.5, 0.6) is 0 Å². The van der Waals surface area contributed by atoms with Crippen molar-refractivity contribution >= 4 is 12.0 Å². The molecular formula is C10H12N2O4. The first kappa shape index (κ1) is 10.7. The van der Waals surface area contributed by atoms with Gasteiger partial charge in [0.25, 0.3) is 5.91 Å². The van der Waals surface area contributed by atoms with E-state index in [0.717, 1.165) is 0 Å². The minimum absolute atomic E-state index is 0.0581. The van der Waals surface area contributed by atoms with Crippen LogP contribution in [-0.2, 0) is 4.79 Å². The first-order chi connectivity index (χ1) is 7.50. The Morgan fingerprint density at radius 3 is 2.94 bits per heavy atom. The van der Waals surface area contributed by atoms with Crippen LogP contribution in [0.1, 0.15) is 13.3 Å². The number of carbonyl (C=O) groups is 2. The summed E-state index contributed by atoms with van der Waals surface area (Å²) in [4.78, 5) is 22.0. The van der Waals surface area contributed by atoms with Gasteiger partial charge in [-0.1, -0.05) is 13.0 Å². The van der Waals surface area contributed by atoms with Crippen LogP contribution in [0.3, 0.4) is 0 Å². The number of hydrogen-bond donors (Lipinski definition) is 4. The highest BCUT2D eigenvalue weighted by atomic mass is 16.4. The zero-order valence-electron chi connectivity index (χ0n) is 8.65. The van der Waals surface area contributed by atoms with E-state index >= 15 is 0 Å². The third kappa shape index (κ3) is 1.57. The molecule has 1 fully saturated rings. The van der Waals surface area contributed by atoms with E-state index in [1.54, 1.807) is 6.08 Å². The van der Waals surface area contributed by atoms with Crippen molar-refractivity contribution in [3.8, 4) is 0 Å². The molecule has 0 aromatic heterocycles. The third-order valence-corrected chi connectivity index (χ3v) is 2.78. The van der Waals surface area contributed by atoms with Gasteiger partial charge in [0.05, 0.1) is 0 Å². The summed E-state index contributed by atoms with van der Waals surface area (Å²) in [5.41, 5.74) is 1.12. The molecule has 0 bridgehead atoms. The average Bonchev–Trinajstić information content (AvgIpc) is 2.46. The van der Waals surface area contributed by atoms with Gasteiger partial charge in [0, 0.05) is 22.8 Å². The second kappa shape index (κ2) is 3.64. The molecule has 0 spiro atoms. The molecule has 6 heteroatoms. The summed E-state index contributed by atoms with van der Waals surface area (Å²) in [6.45, 7) is 1.83. The van der Waals surface area contributed by atoms with Crippen molar-refractivity contribution in [2.75, 3.05) is 0 Å². The Morgan fingerprint density at radius 1 is 1.62 bits per heavy atom. The monoisotopic (exact) mass is 224 g/mol. The lowest BCUT2D eigenvalue weighted by Gasteiger charge is -2.22. The minimum atomic E-state index is -1.19. The van der Waals surface area contributed by atoms with E-state index in [1.807, 2.05) is 6.92 Å². The molecule has 6 nitrogen and oxygen atoms in total. The third-order valence-electron chi connectivity index (χ3n) is 2.78. The highest BCUT2D eigenvalue weighted by Gasteiger charge is 2.37. The summed E-state index contributed by atoms with van der Waals surface area (Å²) in [7, 11) is 0. The molecule has 0 aromatic carbocycles. The fourth-order valence-electron chi connectivity index (χ4n) is 2.02. The first-order valence-corrected chi connectivity index (χ1v) is 4.94. The van der Waals surface area contributed by atoms with E-state index in [2.05, 4.69) is 10.6 Å². The van der Waals surface area contributed by atoms with Crippen LogP contribution < -0.4 is 10.6 Å². The lowest BCUT2D eigenvalue weighted by molar-refractivity contribution is -0.117. The van der Waals surface area contributed by atoms with Gasteiger partial charge in [0.15, 0.2) is 6.23 Å². The maximum Gasteiger partial charge on any atom is 0.408 e. The van der Waals surface area contributed by atoms with Crippen LogP contribution in [0, 0.1) is 5.92 Å². The van der Waals surface area contributed by atoms with Gasteiger partial charge in [-0.2, -0.15) is 0 Å². The van der Waals surface area contributed by atoms with Crippen LogP contribution in [0.15, 0.2) is 22.9 Å². The molecule has 1 aliphatic heterocycles. The predicted molar refractivity (Wildman–Crippen MR) is 54.2 cm³/mol. The molecule has 1 saturated heterocycles. The highest BCUT2D eigenvalue weighted by Crippen LogP contribution is 2.33. The zero-order chi connectivity index (χ0) is 11.9. The lowest BCUT2D eigenvalue weighted by atomic mass is 9.89. The number of carboxylic acid groups (broad SMARTS) is 1. The van der Waals surface area contributed by atoms with Gasteiger partial charge >= 0.3 is 6.09 Å². The summed E-state index contributed by atoms with van der Waals surface area (Å²) < 4.78 is 0. The number of carbonyl (C=O) groups excluding carboxylic acids is 1. The fraction of sp³-hybridized carbons (Fsp3) is 0.400. The summed E-state index contributed by atoms with van der Waals surface area (Å²) >= 11 is 0. The second-order valence-corrected chi connectivity index (χ2v) is 3.89. The van der Waals surface area contributed by atoms with Gasteiger partial charge in [0.1, 0.15) is 0 Å². The van der Waals surface area contributed by atoms with Gasteiger partial charge in [-0.15, -0.1) is 0 Å². The molecule has 0 aromatic rings. The van der Waals surface area contributed by atoms with Gasteiger partial charge in [-0.25, -0.2) is 4.79 Å². The molecule has 2 amide bonds. The topological polar surface area (TPSA) is 98.7 Å². The van der Waals surface area contributed by atoms with E-state index < -0.39 is 12.3 Å². The Kier molecular flexibility index (Phi) is 2.43. The van der Waals surface area contributed by atoms with Crippen LogP contribution in [0.2, 0.25) is 0 Å². The lowest BCUT2D eigenvalue weighted by Crippen LogP contribution is -2.31. The summed E-state index contributed by atoms with van der Waals surface area (Å²) in [6, 6.07) is 0. The molecule has 2 atom stereocenters. The Labute approximate surface area is 91.6 Å². The molecule has 1 aliphatic carbocycles. The van der Waals surface area contributed by atoms with Crippen molar-refractivity contribution in [3.05, 3.63) is 22.9 Å². The van der Waals surface area contributed by atoms with Crippen molar-refractivity contribution in [3.63, 3.8) is 0 Å². The Morgan fingerprint density at radius 2 is 2.31 bits per heavy atom. The molecule has 4 N–H and O–H groups in total. The molecule has 0 radical (unpaired) electrons. The molecule has 2 rings (SSSR count). The zero-order valence-corrected chi connectivity index (χ0v) is 8.65. The number of aliphatic hydroxyl groups is 1. The van der Waals surface area contributed by atoms with Crippen LogP contribution >= 0.6 is 0 Å². The van der Waals surface area contributed by atoms with Gasteiger partial charge in [-0.05, 0) is 6.42 Å². The fourth-order valence-corrected chi connectivity index (χ4v) is 2.02. The Hall–Kier alpha value is -1.82. The number of amides is 2. The predicted octanol–water partition coefficient (Wildman–Crippen LogP) is -0.0775. The molecule has 16 heavy (non-hydrogen) atoms. The van der Waals surface area contributed by atoms with Crippen molar-refractivity contribution < 1.29 is 19.8 Å². The largest absolute Gasteiger partial charge is 0.465 e. The molecule has 86 valence electrons. The number of nitrogens with one attached hydrogen (secondary N) is 2. The van der Waals surface area contributed by atoms with Crippen LogP contribution in [-0.4, -0.2) is 28.4 Å². The number of hydrogen-bond acceptors (Lipinski definition) is 3. The van der Waals surface area contributed by atoms with Gasteiger partial charge < -0.3 is 15.5 Å². The highest BCUT2D eigenvalue weighted by molar-refractivity contribution is 6.02. The van der Waals surface area contributed by atoms with Gasteiger partial charge in [0.2, 0.25) is 0 Å². The van der Waals surface area contributed by atoms with E-state index in [1.165, 1.54) is 0 Å². The van der Waals surface area contributed by atoms with Crippen molar-refractivity contribution in [2.45, 2.75) is 19.6 Å². The first-order valence-electron chi connectivity index (χ1n) is 4.94. The van der Waals surface area contributed by atoms with E-state index in [4.69, 9.17) is 5.11 Å². The van der Waals surface area contributed by atoms with Crippen molar-refractivity contribution in [1.29, 1.82) is 0 Å². The standard InChI is InChI=1S/C10H12N2O4/c1-4-2-3-5-6(7(4)11-10(15)16)9(14)12-8(5)13/h3-4,9,11,14H,2H2,1H3,(H,12,13)(H,15,16). The summed E-state index contributed by atoms with van der Waals surface area (Å²) in [6.07, 6.45) is -0.0156. The smallest absolute Gasteiger partial charge is 0.408 e. The van der Waals surface area contributed by atoms with E-state index in [-0.39, 0.29) is 11.8 Å². The molecule has 2 aliphatic rings. The second-order valence-electron chi connectivity index (χ2n) is 3.89.